The van der Waals surface area contributed by atoms with Gasteiger partial charge in [-0.3, -0.25) is 4.90 Å². The van der Waals surface area contributed by atoms with Gasteiger partial charge in [0.2, 0.25) is 0 Å². The van der Waals surface area contributed by atoms with Crippen molar-refractivity contribution in [2.45, 2.75) is 45.5 Å². The van der Waals surface area contributed by atoms with Crippen molar-refractivity contribution in [2.75, 3.05) is 13.1 Å². The first-order valence-electron chi connectivity index (χ1n) is 6.91. The molecule has 2 N–H and O–H groups in total. The number of hydrogen-bond acceptors (Lipinski definition) is 2. The minimum absolute atomic E-state index is 0.311. The fourth-order valence-corrected chi connectivity index (χ4v) is 2.44. The van der Waals surface area contributed by atoms with E-state index in [1.165, 1.54) is 4.90 Å². The molecule has 0 aliphatic rings. The van der Waals surface area contributed by atoms with Gasteiger partial charge in [0.15, 0.2) is 0 Å². The molecule has 0 amide bonds. The molecule has 0 radical (unpaired) electrons. The van der Waals surface area contributed by atoms with E-state index < -0.39 is 18.8 Å². The molecule has 2 unspecified atom stereocenters. The predicted octanol–water partition coefficient (Wildman–Crippen LogP) is 3.66. The van der Waals surface area contributed by atoms with Crippen molar-refractivity contribution in [2.24, 2.45) is 5.73 Å². The average molecular weight is 288 g/mol. The van der Waals surface area contributed by atoms with E-state index in [9.17, 15) is 13.2 Å². The van der Waals surface area contributed by atoms with Crippen LogP contribution in [0.15, 0.2) is 24.3 Å². The summed E-state index contributed by atoms with van der Waals surface area (Å²) in [7, 11) is 0. The van der Waals surface area contributed by atoms with Crippen molar-refractivity contribution in [1.82, 2.24) is 4.90 Å². The van der Waals surface area contributed by atoms with Crippen LogP contribution >= 0.6 is 0 Å². The Morgan fingerprint density at radius 1 is 1.25 bits per heavy atom. The highest BCUT2D eigenvalue weighted by Crippen LogP contribution is 2.29. The summed E-state index contributed by atoms with van der Waals surface area (Å²) in [6, 6.07) is 6.83. The van der Waals surface area contributed by atoms with E-state index in [2.05, 4.69) is 0 Å². The monoisotopic (exact) mass is 288 g/mol. The topological polar surface area (TPSA) is 29.3 Å². The molecule has 1 aromatic rings. The number of benzene rings is 1. The second-order valence-corrected chi connectivity index (χ2v) is 5.11. The smallest absolute Gasteiger partial charge is 0.326 e. The lowest BCUT2D eigenvalue weighted by Gasteiger charge is -2.35. The number of halogens is 3. The fourth-order valence-electron chi connectivity index (χ4n) is 2.44. The molecular weight excluding hydrogens is 265 g/mol. The minimum atomic E-state index is -4.22. The lowest BCUT2D eigenvalue weighted by molar-refractivity contribution is -0.151. The molecule has 0 aliphatic heterocycles. The maximum atomic E-state index is 12.7. The Hall–Kier alpha value is -1.07. The highest BCUT2D eigenvalue weighted by molar-refractivity contribution is 5.26. The average Bonchev–Trinajstić information content (AvgIpc) is 2.36. The van der Waals surface area contributed by atoms with Gasteiger partial charge in [-0.05, 0) is 25.5 Å². The van der Waals surface area contributed by atoms with Crippen molar-refractivity contribution in [1.29, 1.82) is 0 Å². The number of nitrogens with zero attached hydrogens (tertiary/aromatic N) is 1. The van der Waals surface area contributed by atoms with E-state index in [0.29, 0.717) is 13.0 Å². The van der Waals surface area contributed by atoms with Crippen LogP contribution in [0, 0.1) is 6.92 Å². The molecule has 0 bridgehead atoms. The van der Waals surface area contributed by atoms with Crippen LogP contribution in [-0.2, 0) is 0 Å². The first-order valence-corrected chi connectivity index (χ1v) is 6.91. The molecule has 20 heavy (non-hydrogen) atoms. The Morgan fingerprint density at radius 3 is 2.35 bits per heavy atom. The molecule has 0 fully saturated rings. The third-order valence-corrected chi connectivity index (χ3v) is 3.44. The molecule has 1 rings (SSSR count). The number of hydrogen-bond donors (Lipinski definition) is 1. The third kappa shape index (κ3) is 4.80. The standard InChI is InChI=1S/C15H23F3N2/c1-4-13(19)14(12-8-6-7-11(3)9-12)20(5-2)10-15(16,17)18/h6-9,13-14H,4-5,10,19H2,1-3H3. The Balaban J connectivity index is 3.10. The molecule has 1 aromatic carbocycles. The van der Waals surface area contributed by atoms with Crippen LogP contribution in [0.3, 0.4) is 0 Å². The molecule has 0 heterocycles. The van der Waals surface area contributed by atoms with E-state index in [1.807, 2.05) is 38.1 Å². The second-order valence-electron chi connectivity index (χ2n) is 5.11. The Morgan fingerprint density at radius 2 is 1.90 bits per heavy atom. The van der Waals surface area contributed by atoms with Gasteiger partial charge in [-0.15, -0.1) is 0 Å². The zero-order chi connectivity index (χ0) is 15.3. The summed E-state index contributed by atoms with van der Waals surface area (Å²) in [6.07, 6.45) is -3.58. The normalized spacial score (nSPS) is 15.4. The molecule has 2 nitrogen and oxygen atoms in total. The predicted molar refractivity (Wildman–Crippen MR) is 75.5 cm³/mol. The van der Waals surface area contributed by atoms with Gasteiger partial charge < -0.3 is 5.73 Å². The number of alkyl halides is 3. The van der Waals surface area contributed by atoms with Gasteiger partial charge in [-0.25, -0.2) is 0 Å². The van der Waals surface area contributed by atoms with Gasteiger partial charge in [-0.1, -0.05) is 43.7 Å². The molecule has 2 atom stereocenters. The summed E-state index contributed by atoms with van der Waals surface area (Å²) in [6.45, 7) is 4.94. The van der Waals surface area contributed by atoms with Crippen LogP contribution in [-0.4, -0.2) is 30.2 Å². The highest BCUT2D eigenvalue weighted by atomic mass is 19.4. The van der Waals surface area contributed by atoms with Crippen LogP contribution in [0.4, 0.5) is 13.2 Å². The van der Waals surface area contributed by atoms with Crippen molar-refractivity contribution in [3.8, 4) is 0 Å². The van der Waals surface area contributed by atoms with Crippen molar-refractivity contribution < 1.29 is 13.2 Å². The van der Waals surface area contributed by atoms with Crippen LogP contribution in [0.25, 0.3) is 0 Å². The summed E-state index contributed by atoms with van der Waals surface area (Å²) in [5.41, 5.74) is 7.96. The van der Waals surface area contributed by atoms with E-state index in [-0.39, 0.29) is 6.04 Å². The zero-order valence-corrected chi connectivity index (χ0v) is 12.2. The Kier molecular flexibility index (Phi) is 6.02. The maximum absolute atomic E-state index is 12.7. The molecule has 0 aromatic heterocycles. The summed E-state index contributed by atoms with van der Waals surface area (Å²) in [4.78, 5) is 1.41. The Labute approximate surface area is 118 Å². The van der Waals surface area contributed by atoms with E-state index in [0.717, 1.165) is 11.1 Å². The van der Waals surface area contributed by atoms with Gasteiger partial charge >= 0.3 is 6.18 Å². The summed E-state index contributed by atoms with van der Waals surface area (Å²) < 4.78 is 38.2. The lowest BCUT2D eigenvalue weighted by Crippen LogP contribution is -2.44. The summed E-state index contributed by atoms with van der Waals surface area (Å²) >= 11 is 0. The number of likely N-dealkylation sites (N-methyl/N-ethyl adjacent to an activating group) is 1. The summed E-state index contributed by atoms with van der Waals surface area (Å²) in [5.74, 6) is 0. The number of rotatable bonds is 6. The van der Waals surface area contributed by atoms with Crippen LogP contribution in [0.1, 0.15) is 37.4 Å². The highest BCUT2D eigenvalue weighted by Gasteiger charge is 2.35. The van der Waals surface area contributed by atoms with Crippen molar-refractivity contribution in [3.63, 3.8) is 0 Å². The van der Waals surface area contributed by atoms with Crippen molar-refractivity contribution >= 4 is 0 Å². The van der Waals surface area contributed by atoms with Gasteiger partial charge in [0, 0.05) is 6.04 Å². The number of nitrogens with two attached hydrogens (primary N) is 1. The zero-order valence-electron chi connectivity index (χ0n) is 12.2. The molecule has 114 valence electrons. The van der Waals surface area contributed by atoms with Gasteiger partial charge in [0.1, 0.15) is 0 Å². The molecule has 0 aliphatic carbocycles. The van der Waals surface area contributed by atoms with Gasteiger partial charge in [0.25, 0.3) is 0 Å². The maximum Gasteiger partial charge on any atom is 0.401 e. The second kappa shape index (κ2) is 7.09. The van der Waals surface area contributed by atoms with Crippen molar-refractivity contribution in [3.05, 3.63) is 35.4 Å². The Bertz CT molecular complexity index is 418. The first-order chi connectivity index (χ1) is 9.28. The molecular formula is C15H23F3N2. The summed E-state index contributed by atoms with van der Waals surface area (Å²) in [5, 5.41) is 0. The first kappa shape index (κ1) is 17.0. The van der Waals surface area contributed by atoms with Gasteiger partial charge in [0.05, 0.1) is 12.6 Å². The molecule has 0 spiro atoms. The van der Waals surface area contributed by atoms with Crippen LogP contribution < -0.4 is 5.73 Å². The molecule has 0 saturated heterocycles. The largest absolute Gasteiger partial charge is 0.401 e. The van der Waals surface area contributed by atoms with Crippen LogP contribution in [0.5, 0.6) is 0 Å². The molecule has 0 saturated carbocycles. The van der Waals surface area contributed by atoms with E-state index >= 15 is 0 Å². The van der Waals surface area contributed by atoms with E-state index in [1.54, 1.807) is 6.92 Å². The third-order valence-electron chi connectivity index (χ3n) is 3.44. The SMILES string of the molecule is CCC(N)C(c1cccc(C)c1)N(CC)CC(F)(F)F. The molecule has 5 heteroatoms. The quantitative estimate of drug-likeness (QED) is 0.865. The van der Waals surface area contributed by atoms with E-state index in [4.69, 9.17) is 5.73 Å². The fraction of sp³-hybridized carbons (Fsp3) is 0.600. The lowest BCUT2D eigenvalue weighted by atomic mass is 9.95. The number of aryl methyl sites for hydroxylation is 1. The minimum Gasteiger partial charge on any atom is -0.326 e. The van der Waals surface area contributed by atoms with Crippen LogP contribution in [0.2, 0.25) is 0 Å². The van der Waals surface area contributed by atoms with Gasteiger partial charge in [-0.2, -0.15) is 13.2 Å².